The minimum Gasteiger partial charge on any atom is -0.444 e. The Morgan fingerprint density at radius 2 is 2.00 bits per heavy atom. The maximum atomic E-state index is 11.8. The first-order chi connectivity index (χ1) is 7.29. The summed E-state index contributed by atoms with van der Waals surface area (Å²) in [6.07, 6.45) is 0.997. The fourth-order valence-corrected chi connectivity index (χ4v) is 1.71. The molecule has 1 unspecified atom stereocenters. The molecule has 0 aromatic rings. The van der Waals surface area contributed by atoms with Crippen LogP contribution in [0.15, 0.2) is 0 Å². The zero-order valence-corrected chi connectivity index (χ0v) is 11.8. The van der Waals surface area contributed by atoms with Crippen molar-refractivity contribution >= 4 is 24.3 Å². The Morgan fingerprint density at radius 1 is 1.41 bits per heavy atom. The van der Waals surface area contributed by atoms with E-state index in [4.69, 9.17) is 4.74 Å². The second-order valence-electron chi connectivity index (χ2n) is 5.40. The van der Waals surface area contributed by atoms with Crippen molar-refractivity contribution in [2.24, 2.45) is 5.92 Å². The number of hydrogen-bond acceptors (Lipinski definition) is 3. The van der Waals surface area contributed by atoms with Gasteiger partial charge in [-0.3, -0.25) is 4.79 Å². The molecular weight excluding hydrogens is 242 g/mol. The molecule has 4 nitrogen and oxygen atoms in total. The Kier molecular flexibility index (Phi) is 5.96. The average Bonchev–Trinajstić information content (AvgIpc) is 2.27. The standard InChI is InChI=1S/C12H21NO3.ClH/c1-9-8-13(7-5-6-10(9)14)11(15)16-12(2,3)4;/h9H,5-8H2,1-4H3;1H. The number of halogens is 1. The second-order valence-corrected chi connectivity index (χ2v) is 5.40. The Bertz CT molecular complexity index is 286. The van der Waals surface area contributed by atoms with Gasteiger partial charge in [0.25, 0.3) is 0 Å². The number of ether oxygens (including phenoxy) is 1. The van der Waals surface area contributed by atoms with Crippen molar-refractivity contribution in [2.45, 2.75) is 46.1 Å². The molecule has 0 radical (unpaired) electrons. The lowest BCUT2D eigenvalue weighted by molar-refractivity contribution is -0.122. The summed E-state index contributed by atoms with van der Waals surface area (Å²) in [5.74, 6) is 0.168. The molecule has 1 rings (SSSR count). The first-order valence-corrected chi connectivity index (χ1v) is 5.80. The van der Waals surface area contributed by atoms with Crippen molar-refractivity contribution in [3.8, 4) is 0 Å². The molecule has 1 heterocycles. The van der Waals surface area contributed by atoms with E-state index in [1.54, 1.807) is 4.90 Å². The van der Waals surface area contributed by atoms with Crippen molar-refractivity contribution < 1.29 is 14.3 Å². The number of amides is 1. The molecule has 1 saturated heterocycles. The summed E-state index contributed by atoms with van der Waals surface area (Å²) in [5.41, 5.74) is -0.476. The molecule has 1 aliphatic heterocycles. The van der Waals surface area contributed by atoms with Crippen LogP contribution in [0.3, 0.4) is 0 Å². The van der Waals surface area contributed by atoms with Crippen molar-refractivity contribution in [1.29, 1.82) is 0 Å². The molecule has 0 spiro atoms. The molecule has 1 amide bonds. The van der Waals surface area contributed by atoms with Crippen molar-refractivity contribution in [3.63, 3.8) is 0 Å². The Hall–Kier alpha value is -0.770. The summed E-state index contributed by atoms with van der Waals surface area (Å²) in [6, 6.07) is 0. The van der Waals surface area contributed by atoms with Gasteiger partial charge >= 0.3 is 6.09 Å². The van der Waals surface area contributed by atoms with E-state index in [0.29, 0.717) is 19.5 Å². The Balaban J connectivity index is 0.00000256. The summed E-state index contributed by atoms with van der Waals surface area (Å²) in [6.45, 7) is 8.50. The van der Waals surface area contributed by atoms with E-state index in [-0.39, 0.29) is 30.2 Å². The zero-order chi connectivity index (χ0) is 12.3. The van der Waals surface area contributed by atoms with E-state index in [1.807, 2.05) is 27.7 Å². The first kappa shape index (κ1) is 16.2. The van der Waals surface area contributed by atoms with Gasteiger partial charge in [0.05, 0.1) is 0 Å². The number of carbonyl (C=O) groups excluding carboxylic acids is 2. The highest BCUT2D eigenvalue weighted by Crippen LogP contribution is 2.16. The number of likely N-dealkylation sites (tertiary alicyclic amines) is 1. The largest absolute Gasteiger partial charge is 0.444 e. The molecule has 17 heavy (non-hydrogen) atoms. The number of carbonyl (C=O) groups is 2. The smallest absolute Gasteiger partial charge is 0.410 e. The summed E-state index contributed by atoms with van der Waals surface area (Å²) in [5, 5.41) is 0. The van der Waals surface area contributed by atoms with Gasteiger partial charge in [-0.15, -0.1) is 12.4 Å². The lowest BCUT2D eigenvalue weighted by atomic mass is 10.0. The van der Waals surface area contributed by atoms with Crippen LogP contribution in [-0.2, 0) is 9.53 Å². The number of rotatable bonds is 0. The van der Waals surface area contributed by atoms with Crippen LogP contribution in [0.1, 0.15) is 40.5 Å². The van der Waals surface area contributed by atoms with E-state index >= 15 is 0 Å². The van der Waals surface area contributed by atoms with Gasteiger partial charge in [0.2, 0.25) is 0 Å². The van der Waals surface area contributed by atoms with Gasteiger partial charge in [-0.05, 0) is 27.2 Å². The third-order valence-electron chi connectivity index (χ3n) is 2.55. The van der Waals surface area contributed by atoms with Gasteiger partial charge in [-0.25, -0.2) is 4.79 Å². The zero-order valence-electron chi connectivity index (χ0n) is 11.0. The molecule has 1 atom stereocenters. The van der Waals surface area contributed by atoms with Crippen LogP contribution < -0.4 is 0 Å². The lowest BCUT2D eigenvalue weighted by Gasteiger charge is -2.27. The molecule has 5 heteroatoms. The van der Waals surface area contributed by atoms with Crippen LogP contribution >= 0.6 is 12.4 Å². The predicted molar refractivity (Wildman–Crippen MR) is 68.5 cm³/mol. The maximum absolute atomic E-state index is 11.8. The minimum absolute atomic E-state index is 0. The van der Waals surface area contributed by atoms with Gasteiger partial charge in [0, 0.05) is 25.4 Å². The number of nitrogens with zero attached hydrogens (tertiary/aromatic N) is 1. The molecule has 0 aromatic carbocycles. The van der Waals surface area contributed by atoms with Crippen LogP contribution in [0.25, 0.3) is 0 Å². The fraction of sp³-hybridized carbons (Fsp3) is 0.833. The van der Waals surface area contributed by atoms with Gasteiger partial charge in [0.15, 0.2) is 0 Å². The molecule has 100 valence electrons. The number of Topliss-reactive ketones (excluding diaryl/α,β-unsaturated/α-hetero) is 1. The van der Waals surface area contributed by atoms with Crippen LogP contribution in [-0.4, -0.2) is 35.5 Å². The number of ketones is 1. The molecule has 0 saturated carbocycles. The summed E-state index contributed by atoms with van der Waals surface area (Å²) in [4.78, 5) is 24.9. The van der Waals surface area contributed by atoms with Gasteiger partial charge in [0.1, 0.15) is 11.4 Å². The van der Waals surface area contributed by atoms with Crippen LogP contribution in [0.4, 0.5) is 4.79 Å². The van der Waals surface area contributed by atoms with E-state index < -0.39 is 5.60 Å². The number of hydrogen-bond donors (Lipinski definition) is 0. The summed E-state index contributed by atoms with van der Waals surface area (Å²) >= 11 is 0. The minimum atomic E-state index is -0.476. The third kappa shape index (κ3) is 5.39. The third-order valence-corrected chi connectivity index (χ3v) is 2.55. The summed E-state index contributed by atoms with van der Waals surface area (Å²) in [7, 11) is 0. The molecule has 1 aliphatic rings. The van der Waals surface area contributed by atoms with Crippen molar-refractivity contribution in [1.82, 2.24) is 4.90 Å². The molecule has 0 aliphatic carbocycles. The van der Waals surface area contributed by atoms with E-state index in [2.05, 4.69) is 0 Å². The van der Waals surface area contributed by atoms with Crippen molar-refractivity contribution in [2.75, 3.05) is 13.1 Å². The van der Waals surface area contributed by atoms with Gasteiger partial charge in [-0.1, -0.05) is 6.92 Å². The second kappa shape index (κ2) is 6.24. The maximum Gasteiger partial charge on any atom is 0.410 e. The van der Waals surface area contributed by atoms with Crippen LogP contribution in [0, 0.1) is 5.92 Å². The molecule has 0 bridgehead atoms. The summed E-state index contributed by atoms with van der Waals surface area (Å²) < 4.78 is 5.29. The molecule has 0 N–H and O–H groups in total. The molecular formula is C12H22ClNO3. The van der Waals surface area contributed by atoms with Gasteiger partial charge in [-0.2, -0.15) is 0 Å². The highest BCUT2D eigenvalue weighted by atomic mass is 35.5. The molecule has 0 aromatic heterocycles. The van der Waals surface area contributed by atoms with E-state index in [0.717, 1.165) is 6.42 Å². The van der Waals surface area contributed by atoms with E-state index in [9.17, 15) is 9.59 Å². The fourth-order valence-electron chi connectivity index (χ4n) is 1.71. The molecule has 1 fully saturated rings. The van der Waals surface area contributed by atoms with Crippen molar-refractivity contribution in [3.05, 3.63) is 0 Å². The quantitative estimate of drug-likeness (QED) is 0.675. The van der Waals surface area contributed by atoms with Crippen LogP contribution in [0.5, 0.6) is 0 Å². The topological polar surface area (TPSA) is 46.6 Å². The first-order valence-electron chi connectivity index (χ1n) is 5.80. The van der Waals surface area contributed by atoms with Gasteiger partial charge < -0.3 is 9.64 Å². The predicted octanol–water partition coefficient (Wildman–Crippen LogP) is 2.64. The Morgan fingerprint density at radius 3 is 2.53 bits per heavy atom. The van der Waals surface area contributed by atoms with E-state index in [1.165, 1.54) is 0 Å². The normalized spacial score (nSPS) is 21.5. The van der Waals surface area contributed by atoms with Crippen LogP contribution in [0.2, 0.25) is 0 Å². The highest BCUT2D eigenvalue weighted by molar-refractivity contribution is 5.85. The monoisotopic (exact) mass is 263 g/mol. The average molecular weight is 264 g/mol. The lowest BCUT2D eigenvalue weighted by Crippen LogP contribution is -2.39. The Labute approximate surface area is 109 Å². The SMILES string of the molecule is CC1CN(C(=O)OC(C)(C)C)CCCC1=O.Cl. The highest BCUT2D eigenvalue weighted by Gasteiger charge is 2.27.